The molecular formula is C14H19FN2O3. The predicted octanol–water partition coefficient (Wildman–Crippen LogP) is 1.24. The van der Waals surface area contributed by atoms with Gasteiger partial charge in [-0.2, -0.15) is 0 Å². The number of ether oxygens (including phenoxy) is 1. The second-order valence-electron chi connectivity index (χ2n) is 4.91. The lowest BCUT2D eigenvalue weighted by Gasteiger charge is -2.33. The van der Waals surface area contributed by atoms with Crippen LogP contribution in [0.25, 0.3) is 0 Å². The van der Waals surface area contributed by atoms with Gasteiger partial charge >= 0.3 is 5.97 Å². The first-order valence-corrected chi connectivity index (χ1v) is 6.75. The van der Waals surface area contributed by atoms with Crippen molar-refractivity contribution in [3.8, 4) is 0 Å². The summed E-state index contributed by atoms with van der Waals surface area (Å²) in [5, 5.41) is 0. The first-order valence-electron chi connectivity index (χ1n) is 6.75. The number of alkyl halides is 1. The minimum atomic E-state index is -0.624. The average molecular weight is 282 g/mol. The number of piperidine rings is 1. The van der Waals surface area contributed by atoms with E-state index in [2.05, 4.69) is 4.74 Å². The van der Waals surface area contributed by atoms with Crippen molar-refractivity contribution in [1.29, 1.82) is 0 Å². The van der Waals surface area contributed by atoms with Crippen molar-refractivity contribution in [2.45, 2.75) is 18.9 Å². The summed E-state index contributed by atoms with van der Waals surface area (Å²) in [6, 6.07) is 3.11. The molecule has 0 spiro atoms. The molecule has 0 unspecified atom stereocenters. The molecule has 20 heavy (non-hydrogen) atoms. The Morgan fingerprint density at radius 2 is 2.35 bits per heavy atom. The summed E-state index contributed by atoms with van der Waals surface area (Å²) < 4.78 is 18.6. The predicted molar refractivity (Wildman–Crippen MR) is 72.7 cm³/mol. The molecule has 1 aromatic rings. The number of likely N-dealkylation sites (tertiary alicyclic amines) is 1. The molecule has 0 N–H and O–H groups in total. The number of halogens is 1. The van der Waals surface area contributed by atoms with E-state index in [-0.39, 0.29) is 23.8 Å². The van der Waals surface area contributed by atoms with Gasteiger partial charge in [-0.15, -0.1) is 0 Å². The number of pyridine rings is 1. The number of hydrogen-bond donors (Lipinski definition) is 0. The van der Waals surface area contributed by atoms with Crippen LogP contribution in [0, 0.1) is 0 Å². The highest BCUT2D eigenvalue weighted by molar-refractivity contribution is 5.88. The first-order chi connectivity index (χ1) is 9.67. The van der Waals surface area contributed by atoms with E-state index < -0.39 is 5.97 Å². The molecule has 1 atom stereocenters. The second kappa shape index (κ2) is 6.65. The monoisotopic (exact) mass is 282 g/mol. The molecule has 1 aliphatic rings. The quantitative estimate of drug-likeness (QED) is 0.780. The van der Waals surface area contributed by atoms with Crippen LogP contribution in [0.15, 0.2) is 23.1 Å². The van der Waals surface area contributed by atoms with Crippen LogP contribution in [0.2, 0.25) is 0 Å². The third kappa shape index (κ3) is 3.07. The molecule has 0 amide bonds. The Balaban J connectivity index is 2.24. The number of nitrogens with zero attached hydrogens (tertiary/aromatic N) is 2. The molecule has 2 rings (SSSR count). The minimum absolute atomic E-state index is 0.0209. The normalized spacial score (nSPS) is 19.8. The van der Waals surface area contributed by atoms with E-state index in [0.29, 0.717) is 13.1 Å². The molecule has 1 fully saturated rings. The molecule has 2 heterocycles. The standard InChI is InChI=1S/C14H19FN2O3/c1-20-14(19)12-5-3-8-17(13(12)18)11-4-2-7-16(10-11)9-6-15/h3,5,8,11H,2,4,6-7,9-10H2,1H3/t11-/m1/s1. The van der Waals surface area contributed by atoms with E-state index in [9.17, 15) is 14.0 Å². The largest absolute Gasteiger partial charge is 0.465 e. The molecule has 0 radical (unpaired) electrons. The molecule has 1 aromatic heterocycles. The van der Waals surface area contributed by atoms with Gasteiger partial charge in [0.05, 0.1) is 7.11 Å². The van der Waals surface area contributed by atoms with Crippen LogP contribution in [-0.4, -0.2) is 48.9 Å². The topological polar surface area (TPSA) is 51.5 Å². The van der Waals surface area contributed by atoms with Crippen molar-refractivity contribution in [2.75, 3.05) is 33.4 Å². The van der Waals surface area contributed by atoms with E-state index in [0.717, 1.165) is 19.4 Å². The van der Waals surface area contributed by atoms with Gasteiger partial charge in [-0.1, -0.05) is 0 Å². The van der Waals surface area contributed by atoms with E-state index in [1.54, 1.807) is 16.8 Å². The van der Waals surface area contributed by atoms with E-state index >= 15 is 0 Å². The number of carbonyl (C=O) groups excluding carboxylic acids is 1. The summed E-state index contributed by atoms with van der Waals surface area (Å²) in [4.78, 5) is 25.8. The first kappa shape index (κ1) is 14.7. The van der Waals surface area contributed by atoms with Crippen LogP contribution < -0.4 is 5.56 Å². The maximum absolute atomic E-state index is 12.4. The van der Waals surface area contributed by atoms with E-state index in [1.807, 2.05) is 4.90 Å². The van der Waals surface area contributed by atoms with Gasteiger partial charge in [0.15, 0.2) is 0 Å². The van der Waals surface area contributed by atoms with Gasteiger partial charge in [-0.3, -0.25) is 9.69 Å². The summed E-state index contributed by atoms with van der Waals surface area (Å²) in [7, 11) is 1.25. The Hall–Kier alpha value is -1.69. The fraction of sp³-hybridized carbons (Fsp3) is 0.571. The van der Waals surface area contributed by atoms with Crippen LogP contribution in [0.4, 0.5) is 4.39 Å². The molecule has 5 nitrogen and oxygen atoms in total. The van der Waals surface area contributed by atoms with Crippen LogP contribution in [-0.2, 0) is 4.74 Å². The fourth-order valence-electron chi connectivity index (χ4n) is 2.64. The lowest BCUT2D eigenvalue weighted by atomic mass is 10.1. The third-order valence-corrected chi connectivity index (χ3v) is 3.65. The molecular weight excluding hydrogens is 263 g/mol. The van der Waals surface area contributed by atoms with Crippen LogP contribution >= 0.6 is 0 Å². The summed E-state index contributed by atoms with van der Waals surface area (Å²) >= 11 is 0. The van der Waals surface area contributed by atoms with Crippen molar-refractivity contribution >= 4 is 5.97 Å². The Bertz CT molecular complexity index is 527. The number of esters is 1. The molecule has 0 aromatic carbocycles. The molecule has 110 valence electrons. The third-order valence-electron chi connectivity index (χ3n) is 3.65. The Kier molecular flexibility index (Phi) is 4.89. The molecule has 0 aliphatic carbocycles. The van der Waals surface area contributed by atoms with E-state index in [1.165, 1.54) is 13.2 Å². The molecule has 0 saturated carbocycles. The number of methoxy groups -OCH3 is 1. The van der Waals surface area contributed by atoms with Crippen molar-refractivity contribution in [3.05, 3.63) is 34.2 Å². The van der Waals surface area contributed by atoms with Crippen molar-refractivity contribution in [1.82, 2.24) is 9.47 Å². The van der Waals surface area contributed by atoms with Crippen LogP contribution in [0.5, 0.6) is 0 Å². The molecule has 1 saturated heterocycles. The van der Waals surface area contributed by atoms with Gasteiger partial charge in [0.25, 0.3) is 5.56 Å². The number of rotatable bonds is 4. The van der Waals surface area contributed by atoms with Crippen molar-refractivity contribution in [2.24, 2.45) is 0 Å². The summed E-state index contributed by atoms with van der Waals surface area (Å²) in [6.07, 6.45) is 3.45. The molecule has 6 heteroatoms. The Morgan fingerprint density at radius 1 is 1.55 bits per heavy atom. The highest BCUT2D eigenvalue weighted by Gasteiger charge is 2.23. The van der Waals surface area contributed by atoms with Crippen molar-refractivity contribution in [3.63, 3.8) is 0 Å². The Labute approximate surface area is 117 Å². The molecule has 1 aliphatic heterocycles. The van der Waals surface area contributed by atoms with Gasteiger partial charge in [0.2, 0.25) is 0 Å². The second-order valence-corrected chi connectivity index (χ2v) is 4.91. The summed E-state index contributed by atoms with van der Waals surface area (Å²) in [5.41, 5.74) is -0.302. The zero-order valence-corrected chi connectivity index (χ0v) is 11.5. The highest BCUT2D eigenvalue weighted by Crippen LogP contribution is 2.20. The van der Waals surface area contributed by atoms with Crippen molar-refractivity contribution < 1.29 is 13.9 Å². The van der Waals surface area contributed by atoms with Gasteiger partial charge in [-0.25, -0.2) is 9.18 Å². The zero-order valence-electron chi connectivity index (χ0n) is 11.5. The maximum Gasteiger partial charge on any atom is 0.343 e. The number of carbonyl (C=O) groups is 1. The lowest BCUT2D eigenvalue weighted by molar-refractivity contribution is 0.0597. The lowest BCUT2D eigenvalue weighted by Crippen LogP contribution is -2.41. The SMILES string of the molecule is COC(=O)c1cccn([C@@H]2CCCN(CCF)C2)c1=O. The van der Waals surface area contributed by atoms with Gasteiger partial charge in [0.1, 0.15) is 12.2 Å². The average Bonchev–Trinajstić information content (AvgIpc) is 2.47. The minimum Gasteiger partial charge on any atom is -0.465 e. The van der Waals surface area contributed by atoms with Crippen LogP contribution in [0.3, 0.4) is 0 Å². The smallest absolute Gasteiger partial charge is 0.343 e. The fourth-order valence-corrected chi connectivity index (χ4v) is 2.64. The summed E-state index contributed by atoms with van der Waals surface area (Å²) in [5.74, 6) is -0.624. The van der Waals surface area contributed by atoms with Crippen LogP contribution in [0.1, 0.15) is 29.2 Å². The highest BCUT2D eigenvalue weighted by atomic mass is 19.1. The van der Waals surface area contributed by atoms with E-state index in [4.69, 9.17) is 0 Å². The summed E-state index contributed by atoms with van der Waals surface area (Å²) in [6.45, 7) is 1.49. The number of aromatic nitrogens is 1. The maximum atomic E-state index is 12.4. The van der Waals surface area contributed by atoms with Gasteiger partial charge < -0.3 is 9.30 Å². The Morgan fingerprint density at radius 3 is 3.05 bits per heavy atom. The van der Waals surface area contributed by atoms with Gasteiger partial charge in [0, 0.05) is 25.3 Å². The zero-order chi connectivity index (χ0) is 14.5. The number of hydrogen-bond acceptors (Lipinski definition) is 4. The van der Waals surface area contributed by atoms with Gasteiger partial charge in [-0.05, 0) is 31.5 Å². The molecule has 0 bridgehead atoms.